The zero-order valence-electron chi connectivity index (χ0n) is 11.7. The van der Waals surface area contributed by atoms with Gasteiger partial charge < -0.3 is 15.3 Å². The molecule has 6 heteroatoms. The van der Waals surface area contributed by atoms with Gasteiger partial charge in [0.25, 0.3) is 5.91 Å². The second-order valence-electron chi connectivity index (χ2n) is 5.04. The maximum absolute atomic E-state index is 12.5. The van der Waals surface area contributed by atoms with Crippen LogP contribution in [0.1, 0.15) is 16.9 Å². The lowest BCUT2D eigenvalue weighted by Gasteiger charge is -2.18. The molecule has 1 aromatic heterocycles. The van der Waals surface area contributed by atoms with Gasteiger partial charge in [0, 0.05) is 19.6 Å². The number of para-hydroxylation sites is 1. The fourth-order valence-electron chi connectivity index (χ4n) is 2.43. The van der Waals surface area contributed by atoms with Crippen LogP contribution in [0.5, 0.6) is 5.75 Å². The summed E-state index contributed by atoms with van der Waals surface area (Å²) in [5.41, 5.74) is 0.921. The molecule has 0 aliphatic carbocycles. The summed E-state index contributed by atoms with van der Waals surface area (Å²) in [4.78, 5) is 14.2. The molecule has 21 heavy (non-hydrogen) atoms. The Hall–Kier alpha value is -2.34. The van der Waals surface area contributed by atoms with E-state index in [1.165, 1.54) is 10.9 Å². The molecule has 3 rings (SSSR count). The summed E-state index contributed by atoms with van der Waals surface area (Å²) >= 11 is 0. The van der Waals surface area contributed by atoms with E-state index in [1.807, 2.05) is 30.3 Å². The molecular formula is C15H18N4O2. The maximum Gasteiger partial charge on any atom is 0.278 e. The molecule has 1 saturated heterocycles. The van der Waals surface area contributed by atoms with E-state index in [2.05, 4.69) is 10.4 Å². The van der Waals surface area contributed by atoms with E-state index < -0.39 is 0 Å². The molecule has 0 unspecified atom stereocenters. The molecule has 1 aliphatic heterocycles. The summed E-state index contributed by atoms with van der Waals surface area (Å²) in [5, 5.41) is 17.5. The fraction of sp³-hybridized carbons (Fsp3) is 0.333. The van der Waals surface area contributed by atoms with E-state index in [9.17, 15) is 9.90 Å². The van der Waals surface area contributed by atoms with Crippen LogP contribution in [0, 0.1) is 0 Å². The summed E-state index contributed by atoms with van der Waals surface area (Å²) in [6.45, 7) is 3.00. The number of benzene rings is 1. The largest absolute Gasteiger partial charge is 0.504 e. The number of carbonyl (C=O) groups is 1. The number of amides is 1. The van der Waals surface area contributed by atoms with Crippen molar-refractivity contribution >= 4 is 5.91 Å². The van der Waals surface area contributed by atoms with E-state index in [-0.39, 0.29) is 17.4 Å². The van der Waals surface area contributed by atoms with Crippen LogP contribution >= 0.6 is 0 Å². The molecule has 6 nitrogen and oxygen atoms in total. The summed E-state index contributed by atoms with van der Waals surface area (Å²) in [6.07, 6.45) is 2.38. The number of rotatable bonds is 2. The third-order valence-electron chi connectivity index (χ3n) is 3.55. The topological polar surface area (TPSA) is 70.4 Å². The molecule has 2 heterocycles. The van der Waals surface area contributed by atoms with Crippen molar-refractivity contribution in [3.05, 3.63) is 42.2 Å². The van der Waals surface area contributed by atoms with Crippen LogP contribution in [-0.2, 0) is 0 Å². The molecule has 1 fully saturated rings. The van der Waals surface area contributed by atoms with Gasteiger partial charge in [0.1, 0.15) is 0 Å². The summed E-state index contributed by atoms with van der Waals surface area (Å²) in [6, 6.07) is 9.42. The SMILES string of the molecule is O=C(c1nn(-c2ccccc2)cc1O)N1CCCNCC1. The monoisotopic (exact) mass is 286 g/mol. The van der Waals surface area contributed by atoms with Crippen molar-refractivity contribution in [2.24, 2.45) is 0 Å². The smallest absolute Gasteiger partial charge is 0.278 e. The first-order valence-corrected chi connectivity index (χ1v) is 7.10. The van der Waals surface area contributed by atoms with Gasteiger partial charge in [-0.3, -0.25) is 4.79 Å². The Morgan fingerprint density at radius 3 is 2.81 bits per heavy atom. The first-order chi connectivity index (χ1) is 10.3. The number of nitrogens with one attached hydrogen (secondary N) is 1. The third kappa shape index (κ3) is 2.90. The Kier molecular flexibility index (Phi) is 3.87. The molecule has 1 aromatic carbocycles. The van der Waals surface area contributed by atoms with Gasteiger partial charge in [-0.05, 0) is 25.1 Å². The van der Waals surface area contributed by atoms with Crippen molar-refractivity contribution in [3.63, 3.8) is 0 Å². The van der Waals surface area contributed by atoms with Crippen LogP contribution in [0.15, 0.2) is 36.5 Å². The highest BCUT2D eigenvalue weighted by Gasteiger charge is 2.23. The number of nitrogens with zero attached hydrogens (tertiary/aromatic N) is 3. The van der Waals surface area contributed by atoms with Crippen molar-refractivity contribution in [2.75, 3.05) is 26.2 Å². The molecular weight excluding hydrogens is 268 g/mol. The molecule has 0 radical (unpaired) electrons. The minimum absolute atomic E-state index is 0.0824. The van der Waals surface area contributed by atoms with Gasteiger partial charge in [-0.2, -0.15) is 5.10 Å². The van der Waals surface area contributed by atoms with Crippen molar-refractivity contribution in [1.29, 1.82) is 0 Å². The average Bonchev–Trinajstić information content (AvgIpc) is 2.74. The minimum Gasteiger partial charge on any atom is -0.504 e. The van der Waals surface area contributed by atoms with Crippen LogP contribution in [0.2, 0.25) is 0 Å². The maximum atomic E-state index is 12.5. The number of hydrogen-bond donors (Lipinski definition) is 2. The predicted molar refractivity (Wildman–Crippen MR) is 78.6 cm³/mol. The highest BCUT2D eigenvalue weighted by molar-refractivity contribution is 5.94. The lowest BCUT2D eigenvalue weighted by Crippen LogP contribution is -2.34. The second kappa shape index (κ2) is 5.97. The van der Waals surface area contributed by atoms with E-state index >= 15 is 0 Å². The number of carbonyl (C=O) groups excluding carboxylic acids is 1. The highest BCUT2D eigenvalue weighted by atomic mass is 16.3. The van der Waals surface area contributed by atoms with Gasteiger partial charge in [0.15, 0.2) is 11.4 Å². The number of hydrogen-bond acceptors (Lipinski definition) is 4. The normalized spacial score (nSPS) is 15.7. The van der Waals surface area contributed by atoms with Crippen LogP contribution in [0.4, 0.5) is 0 Å². The van der Waals surface area contributed by atoms with Crippen LogP contribution < -0.4 is 5.32 Å². The molecule has 1 aliphatic rings. The molecule has 0 spiro atoms. The molecule has 2 N–H and O–H groups in total. The molecule has 0 bridgehead atoms. The van der Waals surface area contributed by atoms with Crippen molar-refractivity contribution in [2.45, 2.75) is 6.42 Å². The Morgan fingerprint density at radius 1 is 1.19 bits per heavy atom. The molecule has 0 atom stereocenters. The van der Waals surface area contributed by atoms with Gasteiger partial charge in [-0.15, -0.1) is 0 Å². The zero-order valence-corrected chi connectivity index (χ0v) is 11.7. The van der Waals surface area contributed by atoms with E-state index in [0.29, 0.717) is 13.1 Å². The van der Waals surface area contributed by atoms with Crippen molar-refractivity contribution in [1.82, 2.24) is 20.0 Å². The lowest BCUT2D eigenvalue weighted by atomic mass is 10.3. The second-order valence-corrected chi connectivity index (χ2v) is 5.04. The molecule has 2 aromatic rings. The van der Waals surface area contributed by atoms with E-state index in [4.69, 9.17) is 0 Å². The fourth-order valence-corrected chi connectivity index (χ4v) is 2.43. The summed E-state index contributed by atoms with van der Waals surface area (Å²) in [7, 11) is 0. The summed E-state index contributed by atoms with van der Waals surface area (Å²) < 4.78 is 1.53. The van der Waals surface area contributed by atoms with Crippen LogP contribution in [0.3, 0.4) is 0 Å². The van der Waals surface area contributed by atoms with E-state index in [0.717, 1.165) is 25.2 Å². The number of aromatic nitrogens is 2. The number of aromatic hydroxyl groups is 1. The molecule has 110 valence electrons. The summed E-state index contributed by atoms with van der Waals surface area (Å²) in [5.74, 6) is -0.299. The quantitative estimate of drug-likeness (QED) is 0.864. The Labute approximate surface area is 123 Å². The van der Waals surface area contributed by atoms with Gasteiger partial charge in [0.05, 0.1) is 11.9 Å². The Balaban J connectivity index is 1.85. The zero-order chi connectivity index (χ0) is 14.7. The highest BCUT2D eigenvalue weighted by Crippen LogP contribution is 2.20. The Morgan fingerprint density at radius 2 is 2.00 bits per heavy atom. The predicted octanol–water partition coefficient (Wildman–Crippen LogP) is 1.01. The Bertz CT molecular complexity index is 616. The van der Waals surface area contributed by atoms with Crippen LogP contribution in [0.25, 0.3) is 5.69 Å². The van der Waals surface area contributed by atoms with Crippen molar-refractivity contribution < 1.29 is 9.90 Å². The van der Waals surface area contributed by atoms with Gasteiger partial charge in [0.2, 0.25) is 0 Å². The first kappa shape index (κ1) is 13.6. The average molecular weight is 286 g/mol. The van der Waals surface area contributed by atoms with Gasteiger partial charge in [-0.25, -0.2) is 4.68 Å². The minimum atomic E-state index is -0.217. The van der Waals surface area contributed by atoms with Gasteiger partial charge >= 0.3 is 0 Å². The standard InChI is InChI=1S/C15H18N4O2/c20-13-11-19(12-5-2-1-3-6-12)17-14(13)15(21)18-9-4-7-16-8-10-18/h1-3,5-6,11,16,20H,4,7-10H2. The lowest BCUT2D eigenvalue weighted by molar-refractivity contribution is 0.0757. The molecule has 1 amide bonds. The first-order valence-electron chi connectivity index (χ1n) is 7.10. The van der Waals surface area contributed by atoms with Gasteiger partial charge in [-0.1, -0.05) is 18.2 Å². The molecule has 0 saturated carbocycles. The van der Waals surface area contributed by atoms with Crippen molar-refractivity contribution in [3.8, 4) is 11.4 Å². The third-order valence-corrected chi connectivity index (χ3v) is 3.55. The van der Waals surface area contributed by atoms with E-state index in [1.54, 1.807) is 4.90 Å². The van der Waals surface area contributed by atoms with Crippen LogP contribution in [-0.4, -0.2) is 51.9 Å².